The normalized spacial score (nSPS) is 10.4. The Morgan fingerprint density at radius 1 is 0.457 bits per heavy atom. The van der Waals surface area contributed by atoms with E-state index < -0.39 is 23.9 Å². The van der Waals surface area contributed by atoms with Crippen molar-refractivity contribution in [3.63, 3.8) is 0 Å². The lowest BCUT2D eigenvalue weighted by molar-refractivity contribution is 0.0715. The summed E-state index contributed by atoms with van der Waals surface area (Å²) in [5, 5.41) is 9.36. The van der Waals surface area contributed by atoms with Crippen molar-refractivity contribution in [2.24, 2.45) is 0 Å². The van der Waals surface area contributed by atoms with Crippen molar-refractivity contribution in [3.8, 4) is 34.5 Å². The average molecular weight is 619 g/mol. The molecule has 0 saturated heterocycles. The highest BCUT2D eigenvalue weighted by atomic mass is 16.5. The fourth-order valence-electron chi connectivity index (χ4n) is 4.10. The van der Waals surface area contributed by atoms with Gasteiger partial charge in [0.2, 0.25) is 0 Å². The Hall–Kier alpha value is -6.42. The number of phenols is 1. The molecule has 10 heteroatoms. The minimum absolute atomic E-state index is 0.0282. The summed E-state index contributed by atoms with van der Waals surface area (Å²) in [6, 6.07) is 28.4. The van der Waals surface area contributed by atoms with Gasteiger partial charge in [0.1, 0.15) is 34.5 Å². The van der Waals surface area contributed by atoms with E-state index in [1.54, 1.807) is 37.3 Å². The van der Waals surface area contributed by atoms with E-state index in [0.29, 0.717) is 16.9 Å². The number of aromatic hydroxyl groups is 1. The molecule has 5 aromatic rings. The number of esters is 4. The van der Waals surface area contributed by atoms with Gasteiger partial charge in [-0.1, -0.05) is 0 Å². The highest BCUT2D eigenvalue weighted by molar-refractivity contribution is 5.94. The molecule has 0 fully saturated rings. The molecule has 0 aliphatic heterocycles. The number of ether oxygens (including phenoxy) is 5. The molecule has 0 atom stereocenters. The number of hydrogen-bond donors (Lipinski definition) is 1. The number of carbonyl (C=O) groups is 4. The standard InChI is InChI=1S/C36H26O10/c1-22-21-31(45-35(40)25-7-15-29(16-8-25)43-33(38)23-3-11-27(37)12-4-23)19-20-32(22)46-36(41)26-9-17-30(18-10-26)44-34(39)24-5-13-28(42-2)14-6-24/h3-21,37H,1-2H3. The number of benzene rings is 5. The van der Waals surface area contributed by atoms with Gasteiger partial charge in [-0.05, 0) is 128 Å². The number of carbonyl (C=O) groups excluding carboxylic acids is 4. The molecule has 230 valence electrons. The van der Waals surface area contributed by atoms with Crippen molar-refractivity contribution in [1.82, 2.24) is 0 Å². The maximum Gasteiger partial charge on any atom is 0.343 e. The summed E-state index contributed by atoms with van der Waals surface area (Å²) in [4.78, 5) is 50.1. The van der Waals surface area contributed by atoms with Crippen LogP contribution in [0.2, 0.25) is 0 Å². The fraction of sp³-hybridized carbons (Fsp3) is 0.0556. The van der Waals surface area contributed by atoms with Crippen LogP contribution in [0.5, 0.6) is 34.5 Å². The maximum absolute atomic E-state index is 12.7. The van der Waals surface area contributed by atoms with Crippen molar-refractivity contribution in [2.75, 3.05) is 7.11 Å². The molecule has 0 amide bonds. The molecular formula is C36H26O10. The average Bonchev–Trinajstić information content (AvgIpc) is 3.07. The number of methoxy groups -OCH3 is 1. The molecule has 0 aliphatic carbocycles. The van der Waals surface area contributed by atoms with Gasteiger partial charge in [-0.15, -0.1) is 0 Å². The van der Waals surface area contributed by atoms with Crippen LogP contribution in [0.15, 0.2) is 115 Å². The van der Waals surface area contributed by atoms with Crippen molar-refractivity contribution >= 4 is 23.9 Å². The Bertz CT molecular complexity index is 1880. The predicted molar refractivity (Wildman–Crippen MR) is 165 cm³/mol. The second kappa shape index (κ2) is 13.9. The third-order valence-electron chi connectivity index (χ3n) is 6.59. The molecule has 0 saturated carbocycles. The second-order valence-electron chi connectivity index (χ2n) is 9.81. The first-order valence-corrected chi connectivity index (χ1v) is 13.8. The zero-order valence-electron chi connectivity index (χ0n) is 24.6. The van der Waals surface area contributed by atoms with Gasteiger partial charge in [0.15, 0.2) is 0 Å². The highest BCUT2D eigenvalue weighted by Crippen LogP contribution is 2.26. The summed E-state index contributed by atoms with van der Waals surface area (Å²) >= 11 is 0. The smallest absolute Gasteiger partial charge is 0.343 e. The molecular weight excluding hydrogens is 592 g/mol. The van der Waals surface area contributed by atoms with E-state index in [0.717, 1.165) is 0 Å². The minimum Gasteiger partial charge on any atom is -0.508 e. The number of aryl methyl sites for hydroxylation is 1. The van der Waals surface area contributed by atoms with Gasteiger partial charge in [-0.2, -0.15) is 0 Å². The summed E-state index contributed by atoms with van der Waals surface area (Å²) in [5.41, 5.74) is 1.59. The van der Waals surface area contributed by atoms with E-state index in [1.165, 1.54) is 92.0 Å². The monoisotopic (exact) mass is 618 g/mol. The molecule has 0 heterocycles. The first kappa shape index (κ1) is 31.0. The van der Waals surface area contributed by atoms with Crippen LogP contribution >= 0.6 is 0 Å². The second-order valence-corrected chi connectivity index (χ2v) is 9.81. The fourth-order valence-corrected chi connectivity index (χ4v) is 4.10. The van der Waals surface area contributed by atoms with E-state index in [2.05, 4.69) is 0 Å². The summed E-state index contributed by atoms with van der Waals surface area (Å²) in [6.45, 7) is 1.69. The Balaban J connectivity index is 1.14. The summed E-state index contributed by atoms with van der Waals surface area (Å²) < 4.78 is 26.7. The van der Waals surface area contributed by atoms with Crippen molar-refractivity contribution < 1.29 is 48.0 Å². The molecule has 0 bridgehead atoms. The first-order chi connectivity index (χ1) is 22.2. The first-order valence-electron chi connectivity index (χ1n) is 13.8. The number of hydrogen-bond acceptors (Lipinski definition) is 10. The van der Waals surface area contributed by atoms with Crippen LogP contribution in [0.3, 0.4) is 0 Å². The van der Waals surface area contributed by atoms with Crippen LogP contribution in [0.4, 0.5) is 0 Å². The molecule has 0 radical (unpaired) electrons. The summed E-state index contributed by atoms with van der Waals surface area (Å²) in [7, 11) is 1.53. The lowest BCUT2D eigenvalue weighted by Gasteiger charge is -2.11. The van der Waals surface area contributed by atoms with Crippen LogP contribution in [-0.4, -0.2) is 36.1 Å². The van der Waals surface area contributed by atoms with Crippen LogP contribution < -0.4 is 23.7 Å². The number of rotatable bonds is 9. The predicted octanol–water partition coefficient (Wildman–Crippen LogP) is 6.59. The van der Waals surface area contributed by atoms with E-state index in [-0.39, 0.29) is 45.4 Å². The molecule has 0 aromatic heterocycles. The van der Waals surface area contributed by atoms with Crippen molar-refractivity contribution in [1.29, 1.82) is 0 Å². The van der Waals surface area contributed by atoms with Crippen molar-refractivity contribution in [2.45, 2.75) is 6.92 Å². The molecule has 0 unspecified atom stereocenters. The molecule has 10 nitrogen and oxygen atoms in total. The zero-order chi connectivity index (χ0) is 32.6. The topological polar surface area (TPSA) is 135 Å². The molecule has 0 aliphatic rings. The quantitative estimate of drug-likeness (QED) is 0.142. The Morgan fingerprint density at radius 2 is 0.804 bits per heavy atom. The lowest BCUT2D eigenvalue weighted by Crippen LogP contribution is -2.11. The van der Waals surface area contributed by atoms with E-state index in [9.17, 15) is 24.3 Å². The van der Waals surface area contributed by atoms with Crippen LogP contribution in [-0.2, 0) is 0 Å². The molecule has 46 heavy (non-hydrogen) atoms. The zero-order valence-corrected chi connectivity index (χ0v) is 24.6. The van der Waals surface area contributed by atoms with Gasteiger partial charge < -0.3 is 28.8 Å². The SMILES string of the molecule is COc1ccc(C(=O)Oc2ccc(C(=O)Oc3ccc(OC(=O)c4ccc(OC(=O)c5ccc(O)cc5)cc4)cc3C)cc2)cc1. The van der Waals surface area contributed by atoms with Crippen LogP contribution in [0.1, 0.15) is 47.0 Å². The highest BCUT2D eigenvalue weighted by Gasteiger charge is 2.16. The van der Waals surface area contributed by atoms with Gasteiger partial charge >= 0.3 is 23.9 Å². The summed E-state index contributed by atoms with van der Waals surface area (Å²) in [5.74, 6) is -0.838. The molecule has 5 rings (SSSR count). The Kier molecular flexibility index (Phi) is 9.38. The minimum atomic E-state index is -0.645. The molecule has 0 spiro atoms. The van der Waals surface area contributed by atoms with E-state index in [4.69, 9.17) is 23.7 Å². The van der Waals surface area contributed by atoms with Gasteiger partial charge in [-0.25, -0.2) is 19.2 Å². The van der Waals surface area contributed by atoms with E-state index >= 15 is 0 Å². The van der Waals surface area contributed by atoms with Gasteiger partial charge in [0, 0.05) is 0 Å². The van der Waals surface area contributed by atoms with Crippen LogP contribution in [0.25, 0.3) is 0 Å². The Labute approximate surface area is 263 Å². The molecule has 1 N–H and O–H groups in total. The van der Waals surface area contributed by atoms with Gasteiger partial charge in [0.05, 0.1) is 29.4 Å². The third kappa shape index (κ3) is 7.74. The molecule has 5 aromatic carbocycles. The van der Waals surface area contributed by atoms with E-state index in [1.807, 2.05) is 0 Å². The largest absolute Gasteiger partial charge is 0.508 e. The summed E-state index contributed by atoms with van der Waals surface area (Å²) in [6.07, 6.45) is 0. The van der Waals surface area contributed by atoms with Crippen molar-refractivity contribution in [3.05, 3.63) is 143 Å². The maximum atomic E-state index is 12.7. The third-order valence-corrected chi connectivity index (χ3v) is 6.59. The number of phenolic OH excluding ortho intramolecular Hbond substituents is 1. The van der Waals surface area contributed by atoms with Gasteiger partial charge in [-0.3, -0.25) is 0 Å². The Morgan fingerprint density at radius 3 is 1.22 bits per heavy atom. The lowest BCUT2D eigenvalue weighted by atomic mass is 10.2. The van der Waals surface area contributed by atoms with Gasteiger partial charge in [0.25, 0.3) is 0 Å². The van der Waals surface area contributed by atoms with Crippen LogP contribution in [0, 0.1) is 6.92 Å².